The fourth-order valence-corrected chi connectivity index (χ4v) is 4.64. The summed E-state index contributed by atoms with van der Waals surface area (Å²) in [6, 6.07) is 5.81. The Kier molecular flexibility index (Phi) is 5.50. The highest BCUT2D eigenvalue weighted by Crippen LogP contribution is 2.33. The summed E-state index contributed by atoms with van der Waals surface area (Å²) in [6.45, 7) is 3.16. The molecule has 0 bridgehead atoms. The molecule has 0 unspecified atom stereocenters. The van der Waals surface area contributed by atoms with Gasteiger partial charge in [-0.3, -0.25) is 4.79 Å². The van der Waals surface area contributed by atoms with E-state index in [-0.39, 0.29) is 4.74 Å². The minimum atomic E-state index is -0.0900. The molecule has 0 spiro atoms. The molecule has 7 heteroatoms. The zero-order valence-electron chi connectivity index (χ0n) is 12.0. The summed E-state index contributed by atoms with van der Waals surface area (Å²) in [7, 11) is 6.07. The van der Waals surface area contributed by atoms with Crippen LogP contribution < -0.4 is 19.1 Å². The van der Waals surface area contributed by atoms with E-state index in [1.807, 2.05) is 37.1 Å². The zero-order valence-corrected chi connectivity index (χ0v) is 14.4. The van der Waals surface area contributed by atoms with Gasteiger partial charge in [0.05, 0.1) is 13.7 Å². The lowest BCUT2D eigenvalue weighted by Crippen LogP contribution is -2.16. The summed E-state index contributed by atoms with van der Waals surface area (Å²) >= 11 is 6.02. The van der Waals surface area contributed by atoms with Crippen LogP contribution in [0.15, 0.2) is 23.0 Å². The van der Waals surface area contributed by atoms with Gasteiger partial charge in [0.25, 0.3) is 4.74 Å². The van der Waals surface area contributed by atoms with E-state index < -0.39 is 0 Å². The van der Waals surface area contributed by atoms with Gasteiger partial charge in [-0.15, -0.1) is 0 Å². The van der Waals surface area contributed by atoms with Crippen molar-refractivity contribution < 1.29 is 9.47 Å². The van der Waals surface area contributed by atoms with Gasteiger partial charge in [0.2, 0.25) is 0 Å². The third-order valence-corrected chi connectivity index (χ3v) is 5.72. The van der Waals surface area contributed by atoms with E-state index >= 15 is 0 Å². The topological polar surface area (TPSA) is 38.8 Å². The third-order valence-electron chi connectivity index (χ3n) is 2.86. The van der Waals surface area contributed by atoms with Crippen molar-refractivity contribution in [3.63, 3.8) is 0 Å². The second-order valence-electron chi connectivity index (χ2n) is 4.35. The molecule has 114 valence electrons. The van der Waals surface area contributed by atoms with Crippen molar-refractivity contribution in [1.29, 1.82) is 0 Å². The lowest BCUT2D eigenvalue weighted by Gasteiger charge is -2.18. The Morgan fingerprint density at radius 1 is 1.29 bits per heavy atom. The van der Waals surface area contributed by atoms with Gasteiger partial charge in [0, 0.05) is 13.6 Å². The lowest BCUT2D eigenvalue weighted by molar-refractivity contribution is 0.310. The quantitative estimate of drug-likeness (QED) is 0.745. The summed E-state index contributed by atoms with van der Waals surface area (Å²) in [5.74, 6) is 1.43. The highest BCUT2D eigenvalue weighted by Gasteiger charge is 2.14. The molecule has 0 aliphatic heterocycles. The smallest absolute Gasteiger partial charge is 0.263 e. The molecule has 0 radical (unpaired) electrons. The summed E-state index contributed by atoms with van der Waals surface area (Å²) in [5.41, 5.74) is 1.06. The van der Waals surface area contributed by atoms with Crippen LogP contribution >= 0.6 is 32.3 Å². The Bertz CT molecular complexity index is 668. The second-order valence-corrected chi connectivity index (χ2v) is 6.82. The summed E-state index contributed by atoms with van der Waals surface area (Å²) < 4.78 is 10.7. The minimum Gasteiger partial charge on any atom is -0.493 e. The second kappa shape index (κ2) is 7.15. The van der Waals surface area contributed by atoms with Crippen molar-refractivity contribution in [2.75, 3.05) is 25.7 Å². The molecule has 0 atom stereocenters. The highest BCUT2D eigenvalue weighted by atomic mass is 35.5. The van der Waals surface area contributed by atoms with Crippen LogP contribution in [0.5, 0.6) is 11.5 Å². The van der Waals surface area contributed by atoms with Crippen LogP contribution in [0.4, 0.5) is 5.00 Å². The molecular formula is C14H16ClNO3S2. The molecule has 4 nitrogen and oxygen atoms in total. The van der Waals surface area contributed by atoms with Crippen LogP contribution in [0, 0.1) is 0 Å². The van der Waals surface area contributed by atoms with Gasteiger partial charge in [-0.05, 0) is 35.0 Å². The Morgan fingerprint density at radius 3 is 2.62 bits per heavy atom. The molecule has 0 saturated carbocycles. The molecule has 0 saturated heterocycles. The fourth-order valence-electron chi connectivity index (χ4n) is 1.90. The van der Waals surface area contributed by atoms with E-state index in [4.69, 9.17) is 21.1 Å². The first-order valence-electron chi connectivity index (χ1n) is 6.36. The van der Waals surface area contributed by atoms with Crippen molar-refractivity contribution in [3.8, 4) is 11.5 Å². The molecule has 21 heavy (non-hydrogen) atoms. The minimum absolute atomic E-state index is 0.0900. The van der Waals surface area contributed by atoms with Gasteiger partial charge in [-0.25, -0.2) is 0 Å². The Morgan fingerprint density at radius 2 is 2.05 bits per heavy atom. The van der Waals surface area contributed by atoms with Crippen molar-refractivity contribution in [2.24, 2.45) is 0 Å². The molecule has 0 fully saturated rings. The Labute approximate surface area is 135 Å². The van der Waals surface area contributed by atoms with Crippen molar-refractivity contribution in [3.05, 3.63) is 38.3 Å². The standard InChI is InChI=1S/C14H16ClNO3S2/c1-4-19-10-6-5-9(7-11(10)18-3)8-16(2)13-12(15)14(17)21-20-13/h5-7H,4,8H2,1-3H3. The third kappa shape index (κ3) is 3.70. The molecule has 0 aliphatic carbocycles. The molecule has 1 aromatic heterocycles. The van der Waals surface area contributed by atoms with E-state index in [0.717, 1.165) is 26.7 Å². The van der Waals surface area contributed by atoms with Crippen LogP contribution in [0.2, 0.25) is 5.02 Å². The number of hydrogen-bond acceptors (Lipinski definition) is 6. The van der Waals surface area contributed by atoms with Gasteiger partial charge >= 0.3 is 0 Å². The highest BCUT2D eigenvalue weighted by molar-refractivity contribution is 7.70. The molecule has 2 rings (SSSR count). The molecule has 1 aromatic carbocycles. The first kappa shape index (κ1) is 16.1. The number of rotatable bonds is 6. The summed E-state index contributed by atoms with van der Waals surface area (Å²) in [6.07, 6.45) is 0. The molecular weight excluding hydrogens is 330 g/mol. The van der Waals surface area contributed by atoms with Gasteiger partial charge in [0.15, 0.2) is 11.5 Å². The fraction of sp³-hybridized carbons (Fsp3) is 0.357. The van der Waals surface area contributed by atoms with Crippen molar-refractivity contribution in [1.82, 2.24) is 0 Å². The van der Waals surface area contributed by atoms with E-state index in [1.54, 1.807) is 7.11 Å². The van der Waals surface area contributed by atoms with Crippen molar-refractivity contribution >= 4 is 37.3 Å². The zero-order chi connectivity index (χ0) is 15.4. The maximum atomic E-state index is 11.4. The maximum Gasteiger partial charge on any atom is 0.263 e. The Balaban J connectivity index is 2.19. The van der Waals surface area contributed by atoms with Crippen LogP contribution in [0.3, 0.4) is 0 Å². The van der Waals surface area contributed by atoms with E-state index in [9.17, 15) is 4.79 Å². The maximum absolute atomic E-state index is 11.4. The predicted octanol–water partition coefficient (Wildman–Crippen LogP) is 3.87. The summed E-state index contributed by atoms with van der Waals surface area (Å²) in [4.78, 5) is 13.4. The van der Waals surface area contributed by atoms with E-state index in [2.05, 4.69) is 0 Å². The summed E-state index contributed by atoms with van der Waals surface area (Å²) in [5, 5.41) is 1.09. The predicted molar refractivity (Wildman–Crippen MR) is 89.7 cm³/mol. The number of anilines is 1. The number of methoxy groups -OCH3 is 1. The van der Waals surface area contributed by atoms with Crippen LogP contribution in [0.1, 0.15) is 12.5 Å². The lowest BCUT2D eigenvalue weighted by atomic mass is 10.2. The largest absolute Gasteiger partial charge is 0.493 e. The van der Waals surface area contributed by atoms with Crippen LogP contribution in [-0.2, 0) is 6.54 Å². The van der Waals surface area contributed by atoms with Crippen LogP contribution in [-0.4, -0.2) is 20.8 Å². The van der Waals surface area contributed by atoms with Gasteiger partial charge in [-0.1, -0.05) is 28.0 Å². The monoisotopic (exact) mass is 345 g/mol. The molecule has 1 heterocycles. The number of hydrogen-bond donors (Lipinski definition) is 0. The number of nitrogens with zero attached hydrogens (tertiary/aromatic N) is 1. The van der Waals surface area contributed by atoms with E-state index in [1.165, 1.54) is 10.3 Å². The number of halogens is 1. The van der Waals surface area contributed by atoms with Crippen molar-refractivity contribution in [2.45, 2.75) is 13.5 Å². The van der Waals surface area contributed by atoms with Crippen LogP contribution in [0.25, 0.3) is 0 Å². The molecule has 0 N–H and O–H groups in total. The average molecular weight is 346 g/mol. The van der Waals surface area contributed by atoms with Gasteiger partial charge in [-0.2, -0.15) is 0 Å². The number of ether oxygens (including phenoxy) is 2. The average Bonchev–Trinajstić information content (AvgIpc) is 2.81. The molecule has 0 amide bonds. The normalized spacial score (nSPS) is 10.5. The number of benzene rings is 1. The van der Waals surface area contributed by atoms with Gasteiger partial charge in [0.1, 0.15) is 10.0 Å². The first-order chi connectivity index (χ1) is 10.1. The first-order valence-corrected chi connectivity index (χ1v) is 8.89. The molecule has 2 aromatic rings. The molecule has 0 aliphatic rings. The van der Waals surface area contributed by atoms with Gasteiger partial charge < -0.3 is 14.4 Å². The SMILES string of the molecule is CCOc1ccc(CN(C)c2ssc(=O)c2Cl)cc1OC. The van der Waals surface area contributed by atoms with E-state index in [0.29, 0.717) is 23.9 Å². The Hall–Kier alpha value is -1.24.